The third-order valence-electron chi connectivity index (χ3n) is 3.33. The van der Waals surface area contributed by atoms with Gasteiger partial charge < -0.3 is 10.8 Å². The minimum atomic E-state index is -1.30. The van der Waals surface area contributed by atoms with Crippen molar-refractivity contribution in [3.05, 3.63) is 28.3 Å². The van der Waals surface area contributed by atoms with E-state index in [1.54, 1.807) is 6.92 Å². The van der Waals surface area contributed by atoms with E-state index in [1.807, 2.05) is 0 Å². The average Bonchev–Trinajstić information content (AvgIpc) is 3.01. The standard InChI is InChI=1S/C11H12ClF2NO/c1-5(15)11(2-3-11)6-4-7(12)10(16)9(14)8(6)13/h4-5,16H,2-3,15H2,1H3. The normalized spacial score (nSPS) is 19.6. The molecule has 0 saturated heterocycles. The Hall–Kier alpha value is -0.870. The van der Waals surface area contributed by atoms with E-state index >= 15 is 0 Å². The van der Waals surface area contributed by atoms with Crippen LogP contribution in [0.15, 0.2) is 6.07 Å². The Morgan fingerprint density at radius 1 is 1.44 bits per heavy atom. The summed E-state index contributed by atoms with van der Waals surface area (Å²) in [6.45, 7) is 1.76. The largest absolute Gasteiger partial charge is 0.504 e. The monoisotopic (exact) mass is 247 g/mol. The molecule has 1 unspecified atom stereocenters. The smallest absolute Gasteiger partial charge is 0.202 e. The molecule has 0 aromatic heterocycles. The van der Waals surface area contributed by atoms with Crippen molar-refractivity contribution in [3.8, 4) is 5.75 Å². The Morgan fingerprint density at radius 2 is 2.00 bits per heavy atom. The first-order valence-corrected chi connectivity index (χ1v) is 5.40. The third kappa shape index (κ3) is 1.48. The molecule has 1 aliphatic carbocycles. The molecular formula is C11H12ClF2NO. The van der Waals surface area contributed by atoms with Gasteiger partial charge in [0.25, 0.3) is 0 Å². The Bertz CT molecular complexity index is 444. The van der Waals surface area contributed by atoms with Gasteiger partial charge in [-0.1, -0.05) is 11.6 Å². The van der Waals surface area contributed by atoms with Crippen LogP contribution in [0.2, 0.25) is 5.02 Å². The summed E-state index contributed by atoms with van der Waals surface area (Å²) in [5, 5.41) is 8.98. The molecule has 1 aliphatic rings. The molecule has 1 saturated carbocycles. The first-order valence-electron chi connectivity index (χ1n) is 5.02. The zero-order valence-corrected chi connectivity index (χ0v) is 9.48. The van der Waals surface area contributed by atoms with E-state index in [0.29, 0.717) is 12.8 Å². The molecule has 1 atom stereocenters. The predicted molar refractivity (Wildman–Crippen MR) is 57.6 cm³/mol. The second kappa shape index (κ2) is 3.57. The van der Waals surface area contributed by atoms with E-state index in [1.165, 1.54) is 6.07 Å². The zero-order chi connectivity index (χ0) is 12.1. The van der Waals surface area contributed by atoms with Crippen molar-refractivity contribution < 1.29 is 13.9 Å². The van der Waals surface area contributed by atoms with E-state index in [4.69, 9.17) is 22.4 Å². The van der Waals surface area contributed by atoms with Crippen molar-refractivity contribution in [2.24, 2.45) is 5.73 Å². The van der Waals surface area contributed by atoms with Gasteiger partial charge in [-0.05, 0) is 25.8 Å². The zero-order valence-electron chi connectivity index (χ0n) is 8.73. The van der Waals surface area contributed by atoms with Gasteiger partial charge >= 0.3 is 0 Å². The lowest BCUT2D eigenvalue weighted by molar-refractivity contribution is 0.396. The third-order valence-corrected chi connectivity index (χ3v) is 3.62. The maximum Gasteiger partial charge on any atom is 0.202 e. The van der Waals surface area contributed by atoms with Gasteiger partial charge in [-0.2, -0.15) is 4.39 Å². The molecule has 2 rings (SSSR count). The maximum absolute atomic E-state index is 13.7. The van der Waals surface area contributed by atoms with Crippen LogP contribution in [0, 0.1) is 11.6 Å². The Balaban J connectivity index is 2.59. The van der Waals surface area contributed by atoms with Crippen molar-refractivity contribution in [2.75, 3.05) is 0 Å². The Kier molecular flexibility index (Phi) is 2.59. The van der Waals surface area contributed by atoms with Crippen LogP contribution in [0.5, 0.6) is 5.75 Å². The van der Waals surface area contributed by atoms with Gasteiger partial charge in [0, 0.05) is 17.0 Å². The maximum atomic E-state index is 13.7. The van der Waals surface area contributed by atoms with E-state index < -0.39 is 22.8 Å². The van der Waals surface area contributed by atoms with Gasteiger partial charge in [0.05, 0.1) is 5.02 Å². The lowest BCUT2D eigenvalue weighted by atomic mass is 9.89. The second-order valence-electron chi connectivity index (χ2n) is 4.33. The van der Waals surface area contributed by atoms with Gasteiger partial charge in [0.1, 0.15) is 0 Å². The number of benzene rings is 1. The molecule has 2 nitrogen and oxygen atoms in total. The molecule has 88 valence electrons. The summed E-state index contributed by atoms with van der Waals surface area (Å²) in [7, 11) is 0. The van der Waals surface area contributed by atoms with Crippen molar-refractivity contribution in [1.29, 1.82) is 0 Å². The molecule has 1 aromatic rings. The van der Waals surface area contributed by atoms with Crippen molar-refractivity contribution in [1.82, 2.24) is 0 Å². The average molecular weight is 248 g/mol. The summed E-state index contributed by atoms with van der Waals surface area (Å²) < 4.78 is 27.0. The van der Waals surface area contributed by atoms with E-state index in [9.17, 15) is 8.78 Å². The summed E-state index contributed by atoms with van der Waals surface area (Å²) >= 11 is 5.63. The highest BCUT2D eigenvalue weighted by atomic mass is 35.5. The number of hydrogen-bond donors (Lipinski definition) is 2. The van der Waals surface area contributed by atoms with Crippen LogP contribution in [-0.2, 0) is 5.41 Å². The second-order valence-corrected chi connectivity index (χ2v) is 4.73. The first kappa shape index (κ1) is 11.6. The van der Waals surface area contributed by atoms with Gasteiger partial charge in [0.2, 0.25) is 5.82 Å². The molecule has 0 bridgehead atoms. The lowest BCUT2D eigenvalue weighted by Gasteiger charge is -2.21. The fourth-order valence-electron chi connectivity index (χ4n) is 2.05. The number of aromatic hydroxyl groups is 1. The molecule has 5 heteroatoms. The summed E-state index contributed by atoms with van der Waals surface area (Å²) in [5.41, 5.74) is 5.42. The van der Waals surface area contributed by atoms with Crippen molar-refractivity contribution in [2.45, 2.75) is 31.2 Å². The van der Waals surface area contributed by atoms with Crippen LogP contribution in [0.3, 0.4) is 0 Å². The first-order chi connectivity index (χ1) is 7.40. The number of halogens is 3. The summed E-state index contributed by atoms with van der Waals surface area (Å²) in [6, 6.07) is 0.994. The predicted octanol–water partition coefficient (Wildman–Crippen LogP) is 2.70. The lowest BCUT2D eigenvalue weighted by Crippen LogP contribution is -2.32. The molecule has 0 radical (unpaired) electrons. The number of hydrogen-bond acceptors (Lipinski definition) is 2. The Labute approximate surface area is 97.0 Å². The molecule has 0 aliphatic heterocycles. The van der Waals surface area contributed by atoms with Gasteiger partial charge in [-0.15, -0.1) is 0 Å². The minimum absolute atomic E-state index is 0.169. The quantitative estimate of drug-likeness (QED) is 0.790. The topological polar surface area (TPSA) is 46.2 Å². The molecule has 3 N–H and O–H groups in total. The van der Waals surface area contributed by atoms with Crippen molar-refractivity contribution >= 4 is 11.6 Å². The van der Waals surface area contributed by atoms with Gasteiger partial charge in [0.15, 0.2) is 11.6 Å². The van der Waals surface area contributed by atoms with E-state index in [2.05, 4.69) is 0 Å². The minimum Gasteiger partial charge on any atom is -0.504 e. The molecule has 0 amide bonds. The van der Waals surface area contributed by atoms with E-state index in [-0.39, 0.29) is 16.6 Å². The summed E-state index contributed by atoms with van der Waals surface area (Å²) in [4.78, 5) is 0. The van der Waals surface area contributed by atoms with E-state index in [0.717, 1.165) is 0 Å². The van der Waals surface area contributed by atoms with Crippen LogP contribution in [0.4, 0.5) is 8.78 Å². The summed E-state index contributed by atoms with van der Waals surface area (Å²) in [6.07, 6.45) is 1.42. The highest BCUT2D eigenvalue weighted by Gasteiger charge is 2.50. The molecule has 1 aromatic carbocycles. The number of phenolic OH excluding ortho intramolecular Hbond substituents is 1. The molecular weight excluding hydrogens is 236 g/mol. The van der Waals surface area contributed by atoms with Crippen molar-refractivity contribution in [3.63, 3.8) is 0 Å². The van der Waals surface area contributed by atoms with Crippen LogP contribution in [0.1, 0.15) is 25.3 Å². The number of nitrogens with two attached hydrogens (primary N) is 1. The SMILES string of the molecule is CC(N)C1(c2cc(Cl)c(O)c(F)c2F)CC1. The van der Waals surface area contributed by atoms with Crippen LogP contribution in [-0.4, -0.2) is 11.1 Å². The van der Waals surface area contributed by atoms with Crippen LogP contribution >= 0.6 is 11.6 Å². The molecule has 1 fully saturated rings. The molecule has 16 heavy (non-hydrogen) atoms. The van der Waals surface area contributed by atoms with Gasteiger partial charge in [-0.25, -0.2) is 4.39 Å². The Morgan fingerprint density at radius 3 is 2.44 bits per heavy atom. The highest BCUT2D eigenvalue weighted by molar-refractivity contribution is 6.32. The van der Waals surface area contributed by atoms with Crippen LogP contribution in [0.25, 0.3) is 0 Å². The van der Waals surface area contributed by atoms with Crippen LogP contribution < -0.4 is 5.73 Å². The molecule has 0 heterocycles. The number of rotatable bonds is 2. The number of phenols is 1. The fraction of sp³-hybridized carbons (Fsp3) is 0.455. The highest BCUT2D eigenvalue weighted by Crippen LogP contribution is 2.52. The van der Waals surface area contributed by atoms with Gasteiger partial charge in [-0.3, -0.25) is 0 Å². The molecule has 0 spiro atoms. The fourth-order valence-corrected chi connectivity index (χ4v) is 2.24. The summed E-state index contributed by atoms with van der Waals surface area (Å²) in [5.74, 6) is -3.19.